The van der Waals surface area contributed by atoms with Gasteiger partial charge in [0, 0.05) is 12.8 Å². The van der Waals surface area contributed by atoms with Gasteiger partial charge in [-0.15, -0.1) is 10.2 Å². The fourth-order valence-electron chi connectivity index (χ4n) is 2.56. The lowest BCUT2D eigenvalue weighted by atomic mass is 10.1. The summed E-state index contributed by atoms with van der Waals surface area (Å²) in [6, 6.07) is 10.8. The van der Waals surface area contributed by atoms with E-state index in [-0.39, 0.29) is 5.82 Å². The number of rotatable bonds is 6. The number of thioether (sulfide) groups is 1. The molecule has 0 aliphatic heterocycles. The molecule has 0 saturated heterocycles. The van der Waals surface area contributed by atoms with Gasteiger partial charge in [0.15, 0.2) is 17.1 Å². The standard InChI is InChI=1S/C19H17F4N3OS/c1-12(27-16-8-6-15(20)7-9-16)17-24-25-18(26(17)2)28-11-13-4-3-5-14(10-13)19(21,22)23/h3-10,12H,11H2,1-2H3. The molecule has 1 atom stereocenters. The first-order valence-electron chi connectivity index (χ1n) is 8.34. The Morgan fingerprint density at radius 3 is 2.50 bits per heavy atom. The van der Waals surface area contributed by atoms with E-state index in [1.54, 1.807) is 24.6 Å². The molecule has 0 N–H and O–H groups in total. The van der Waals surface area contributed by atoms with Crippen molar-refractivity contribution in [2.75, 3.05) is 0 Å². The van der Waals surface area contributed by atoms with Crippen molar-refractivity contribution in [2.45, 2.75) is 30.1 Å². The van der Waals surface area contributed by atoms with Gasteiger partial charge in [0.2, 0.25) is 0 Å². The van der Waals surface area contributed by atoms with Crippen molar-refractivity contribution in [2.24, 2.45) is 7.05 Å². The summed E-state index contributed by atoms with van der Waals surface area (Å²) >= 11 is 1.28. The maximum Gasteiger partial charge on any atom is 0.416 e. The van der Waals surface area contributed by atoms with E-state index in [9.17, 15) is 17.6 Å². The second kappa shape index (κ2) is 8.22. The molecule has 0 bridgehead atoms. The molecule has 0 aliphatic carbocycles. The summed E-state index contributed by atoms with van der Waals surface area (Å²) in [5, 5.41) is 8.76. The highest BCUT2D eigenvalue weighted by Crippen LogP contribution is 2.31. The van der Waals surface area contributed by atoms with Crippen LogP contribution < -0.4 is 4.74 Å². The molecule has 4 nitrogen and oxygen atoms in total. The fourth-order valence-corrected chi connectivity index (χ4v) is 3.42. The summed E-state index contributed by atoms with van der Waals surface area (Å²) < 4.78 is 58.9. The van der Waals surface area contributed by atoms with Crippen LogP contribution in [0.25, 0.3) is 0 Å². The highest BCUT2D eigenvalue weighted by molar-refractivity contribution is 7.98. The van der Waals surface area contributed by atoms with Crippen LogP contribution in [0, 0.1) is 5.82 Å². The molecule has 0 fully saturated rings. The first-order valence-corrected chi connectivity index (χ1v) is 9.33. The predicted molar refractivity (Wildman–Crippen MR) is 97.5 cm³/mol. The van der Waals surface area contributed by atoms with Crippen LogP contribution in [0.2, 0.25) is 0 Å². The van der Waals surface area contributed by atoms with E-state index in [1.165, 1.54) is 42.1 Å². The molecule has 28 heavy (non-hydrogen) atoms. The lowest BCUT2D eigenvalue weighted by Crippen LogP contribution is -2.10. The van der Waals surface area contributed by atoms with Crippen molar-refractivity contribution in [3.8, 4) is 5.75 Å². The molecule has 1 aromatic heterocycles. The van der Waals surface area contributed by atoms with Gasteiger partial charge in [0.05, 0.1) is 5.56 Å². The average molecular weight is 411 g/mol. The molecule has 0 spiro atoms. The quantitative estimate of drug-likeness (QED) is 0.402. The zero-order valence-electron chi connectivity index (χ0n) is 15.1. The third-order valence-electron chi connectivity index (χ3n) is 3.98. The van der Waals surface area contributed by atoms with Crippen LogP contribution in [0.4, 0.5) is 17.6 Å². The van der Waals surface area contributed by atoms with E-state index in [0.717, 1.165) is 12.1 Å². The maximum absolute atomic E-state index is 13.0. The third-order valence-corrected chi connectivity index (χ3v) is 5.07. The molecule has 148 valence electrons. The second-order valence-corrected chi connectivity index (χ2v) is 7.04. The number of ether oxygens (including phenoxy) is 1. The summed E-state index contributed by atoms with van der Waals surface area (Å²) in [6.07, 6.45) is -4.81. The highest BCUT2D eigenvalue weighted by atomic mass is 32.2. The van der Waals surface area contributed by atoms with E-state index in [2.05, 4.69) is 10.2 Å². The van der Waals surface area contributed by atoms with E-state index < -0.39 is 17.8 Å². The van der Waals surface area contributed by atoms with Crippen molar-refractivity contribution in [3.05, 3.63) is 71.3 Å². The van der Waals surface area contributed by atoms with Gasteiger partial charge in [0.1, 0.15) is 11.6 Å². The van der Waals surface area contributed by atoms with E-state index in [0.29, 0.717) is 28.0 Å². The predicted octanol–water partition coefficient (Wildman–Crippen LogP) is 5.41. The Morgan fingerprint density at radius 2 is 1.82 bits per heavy atom. The smallest absolute Gasteiger partial charge is 0.416 e. The van der Waals surface area contributed by atoms with E-state index in [4.69, 9.17) is 4.74 Å². The number of nitrogens with zero attached hydrogens (tertiary/aromatic N) is 3. The zero-order chi connectivity index (χ0) is 20.3. The van der Waals surface area contributed by atoms with Gasteiger partial charge in [-0.05, 0) is 42.8 Å². The molecular weight excluding hydrogens is 394 g/mol. The number of halogens is 4. The Labute approximate surface area is 163 Å². The van der Waals surface area contributed by atoms with E-state index >= 15 is 0 Å². The molecule has 1 heterocycles. The third kappa shape index (κ3) is 4.83. The van der Waals surface area contributed by atoms with Crippen LogP contribution in [0.5, 0.6) is 5.75 Å². The highest BCUT2D eigenvalue weighted by Gasteiger charge is 2.30. The van der Waals surface area contributed by atoms with Crippen LogP contribution in [0.15, 0.2) is 53.7 Å². The Morgan fingerprint density at radius 1 is 1.11 bits per heavy atom. The number of aromatic nitrogens is 3. The van der Waals surface area contributed by atoms with Crippen molar-refractivity contribution in [1.29, 1.82) is 0 Å². The molecule has 1 unspecified atom stereocenters. The van der Waals surface area contributed by atoms with Gasteiger partial charge in [0.25, 0.3) is 0 Å². The molecule has 0 aliphatic rings. The van der Waals surface area contributed by atoms with Crippen LogP contribution in [0.3, 0.4) is 0 Å². The summed E-state index contributed by atoms with van der Waals surface area (Å²) in [6.45, 7) is 1.79. The summed E-state index contributed by atoms with van der Waals surface area (Å²) in [4.78, 5) is 0. The molecule has 3 aromatic rings. The minimum absolute atomic E-state index is 0.323. The Bertz CT molecular complexity index is 941. The van der Waals surface area contributed by atoms with Gasteiger partial charge in [-0.25, -0.2) is 4.39 Å². The van der Waals surface area contributed by atoms with Crippen LogP contribution in [-0.4, -0.2) is 14.8 Å². The Hall–Kier alpha value is -2.55. The summed E-state index contributed by atoms with van der Waals surface area (Å²) in [7, 11) is 1.76. The maximum atomic E-state index is 13.0. The van der Waals surface area contributed by atoms with Gasteiger partial charge in [-0.2, -0.15) is 13.2 Å². The first-order chi connectivity index (χ1) is 13.2. The van der Waals surface area contributed by atoms with Gasteiger partial charge >= 0.3 is 6.18 Å². The normalized spacial score (nSPS) is 12.8. The minimum Gasteiger partial charge on any atom is -0.483 e. The molecule has 9 heteroatoms. The number of hydrogen-bond acceptors (Lipinski definition) is 4. The van der Waals surface area contributed by atoms with E-state index in [1.807, 2.05) is 0 Å². The van der Waals surface area contributed by atoms with Crippen molar-refractivity contribution in [3.63, 3.8) is 0 Å². The Kier molecular flexibility index (Phi) is 5.93. The summed E-state index contributed by atoms with van der Waals surface area (Å²) in [5.41, 5.74) is -0.134. The largest absolute Gasteiger partial charge is 0.483 e. The van der Waals surface area contributed by atoms with Crippen LogP contribution >= 0.6 is 11.8 Å². The van der Waals surface area contributed by atoms with Crippen LogP contribution in [-0.2, 0) is 19.0 Å². The lowest BCUT2D eigenvalue weighted by Gasteiger charge is -2.14. The van der Waals surface area contributed by atoms with Gasteiger partial charge in [-0.3, -0.25) is 0 Å². The van der Waals surface area contributed by atoms with Crippen molar-refractivity contribution in [1.82, 2.24) is 14.8 Å². The first kappa shape index (κ1) is 20.2. The molecular formula is C19H17F4N3OS. The Balaban J connectivity index is 1.67. The lowest BCUT2D eigenvalue weighted by molar-refractivity contribution is -0.137. The van der Waals surface area contributed by atoms with Crippen molar-refractivity contribution < 1.29 is 22.3 Å². The minimum atomic E-state index is -4.37. The SMILES string of the molecule is CC(Oc1ccc(F)cc1)c1nnc(SCc2cccc(C(F)(F)F)c2)n1C. The van der Waals surface area contributed by atoms with Gasteiger partial charge < -0.3 is 9.30 Å². The molecule has 2 aromatic carbocycles. The molecule has 0 saturated carbocycles. The monoisotopic (exact) mass is 411 g/mol. The second-order valence-electron chi connectivity index (χ2n) is 6.10. The number of hydrogen-bond donors (Lipinski definition) is 0. The average Bonchev–Trinajstić information content (AvgIpc) is 3.02. The topological polar surface area (TPSA) is 39.9 Å². The molecule has 3 rings (SSSR count). The summed E-state index contributed by atoms with van der Waals surface area (Å²) in [5.74, 6) is 1.01. The van der Waals surface area contributed by atoms with Crippen molar-refractivity contribution >= 4 is 11.8 Å². The zero-order valence-corrected chi connectivity index (χ0v) is 15.9. The molecule has 0 radical (unpaired) electrons. The van der Waals surface area contributed by atoms with Crippen LogP contribution in [0.1, 0.15) is 30.0 Å². The molecule has 0 amide bonds. The fraction of sp³-hybridized carbons (Fsp3) is 0.263. The van der Waals surface area contributed by atoms with Gasteiger partial charge in [-0.1, -0.05) is 30.0 Å². The number of benzene rings is 2. The number of alkyl halides is 3.